The summed E-state index contributed by atoms with van der Waals surface area (Å²) >= 11 is 1.49. The summed E-state index contributed by atoms with van der Waals surface area (Å²) in [5.41, 5.74) is 3.16. The van der Waals surface area contributed by atoms with Gasteiger partial charge in [0.25, 0.3) is 6.17 Å². The molecule has 1 aromatic heterocycles. The summed E-state index contributed by atoms with van der Waals surface area (Å²) in [7, 11) is 0. The van der Waals surface area contributed by atoms with Crippen molar-refractivity contribution in [1.82, 2.24) is 10.1 Å². The second kappa shape index (κ2) is 10.2. The number of hydrogen-bond acceptors (Lipinski definition) is 5. The second-order valence-corrected chi connectivity index (χ2v) is 13.0. The molecule has 2 N–H and O–H groups in total. The molecule has 0 saturated heterocycles. The first kappa shape index (κ1) is 27.9. The minimum Gasteiger partial charge on any atom is -0.507 e. The topological polar surface area (TPSA) is 90.2 Å². The molecule has 8 heteroatoms. The molecule has 0 saturated carbocycles. The molecule has 1 amide bonds. The van der Waals surface area contributed by atoms with Gasteiger partial charge in [-0.3, -0.25) is 14.6 Å². The Labute approximate surface area is 229 Å². The number of phenolic OH excluding ortho intramolecular Hbond substituents is 1. The quantitative estimate of drug-likeness (QED) is 0.317. The number of amides is 1. The lowest BCUT2D eigenvalue weighted by Gasteiger charge is -2.34. The summed E-state index contributed by atoms with van der Waals surface area (Å²) in [6, 6.07) is 11.4. The van der Waals surface area contributed by atoms with Crippen LogP contribution in [0.3, 0.4) is 0 Å². The van der Waals surface area contributed by atoms with E-state index in [9.17, 15) is 14.7 Å². The summed E-state index contributed by atoms with van der Waals surface area (Å²) in [4.78, 5) is 31.9. The molecule has 1 unspecified atom stereocenters. The number of para-hydroxylation sites is 1. The molecule has 0 bridgehead atoms. The van der Waals surface area contributed by atoms with Crippen LogP contribution in [0.25, 0.3) is 11.3 Å². The highest BCUT2D eigenvalue weighted by molar-refractivity contribution is 7.99. The Morgan fingerprint density at radius 3 is 2.24 bits per heavy atom. The average molecular weight is 536 g/mol. The Morgan fingerprint density at radius 1 is 1.08 bits per heavy atom. The van der Waals surface area contributed by atoms with Gasteiger partial charge in [-0.15, -0.1) is 0 Å². The molecule has 1 atom stereocenters. The molecule has 2 heterocycles. The number of H-pyrrole nitrogens is 1. The fourth-order valence-electron chi connectivity index (χ4n) is 4.93. The van der Waals surface area contributed by atoms with Gasteiger partial charge in [0.2, 0.25) is 11.1 Å². The van der Waals surface area contributed by atoms with E-state index in [4.69, 9.17) is 5.10 Å². The van der Waals surface area contributed by atoms with Gasteiger partial charge in [0.1, 0.15) is 5.75 Å². The minimum atomic E-state index is -0.696. The van der Waals surface area contributed by atoms with Crippen LogP contribution >= 0.6 is 11.8 Å². The maximum absolute atomic E-state index is 13.6. The van der Waals surface area contributed by atoms with Crippen molar-refractivity contribution in [1.29, 1.82) is 0 Å². The highest BCUT2D eigenvalue weighted by Crippen LogP contribution is 2.44. The van der Waals surface area contributed by atoms with Crippen LogP contribution in [0.2, 0.25) is 0 Å². The molecule has 2 aromatic carbocycles. The number of aromatic hydroxyl groups is 1. The van der Waals surface area contributed by atoms with Crippen LogP contribution in [0, 0.1) is 0 Å². The Bertz CT molecular complexity index is 1400. The second-order valence-electron chi connectivity index (χ2n) is 11.9. The summed E-state index contributed by atoms with van der Waals surface area (Å²) in [5.74, 6) is 0.998. The van der Waals surface area contributed by atoms with Crippen LogP contribution in [0.5, 0.6) is 5.75 Å². The standard InChI is InChI=1S/C30H38N4O3S/c1-9-15-38-28-31-26(37)24-19-13-11-12-14-22(19)33(23(35)10-2)27(34(24)32-28)18-16-20(29(3,4)5)25(36)21(17-18)30(6,7)8/h11-14,16-17,27H,9-10,15H2,1-8H3,(H-,31,32,36,37)/p+1. The van der Waals surface area contributed by atoms with Crippen LogP contribution in [0.4, 0.5) is 5.69 Å². The first-order chi connectivity index (χ1) is 17.8. The zero-order chi connectivity index (χ0) is 28.0. The molecule has 0 radical (unpaired) electrons. The van der Waals surface area contributed by atoms with Gasteiger partial charge in [0.05, 0.1) is 11.3 Å². The minimum absolute atomic E-state index is 0.0758. The summed E-state index contributed by atoms with van der Waals surface area (Å²) in [6.07, 6.45) is 0.529. The van der Waals surface area contributed by atoms with Gasteiger partial charge in [-0.1, -0.05) is 79.3 Å². The molecule has 1 aliphatic heterocycles. The van der Waals surface area contributed by atoms with Crippen LogP contribution in [0.15, 0.2) is 46.3 Å². The van der Waals surface area contributed by atoms with Gasteiger partial charge in [-0.25, -0.2) is 4.90 Å². The van der Waals surface area contributed by atoms with E-state index in [1.54, 1.807) is 9.58 Å². The van der Waals surface area contributed by atoms with Crippen molar-refractivity contribution in [3.63, 3.8) is 0 Å². The highest BCUT2D eigenvalue weighted by Gasteiger charge is 2.46. The van der Waals surface area contributed by atoms with Crippen LogP contribution < -0.4 is 15.1 Å². The van der Waals surface area contributed by atoms with E-state index in [0.29, 0.717) is 22.1 Å². The van der Waals surface area contributed by atoms with E-state index in [1.165, 1.54) is 11.8 Å². The van der Waals surface area contributed by atoms with Crippen LogP contribution in [0.1, 0.15) is 91.1 Å². The number of benzene rings is 2. The van der Waals surface area contributed by atoms with E-state index in [2.05, 4.69) is 53.5 Å². The number of fused-ring (bicyclic) bond motifs is 3. The van der Waals surface area contributed by atoms with E-state index < -0.39 is 6.17 Å². The normalized spacial score (nSPS) is 15.3. The monoisotopic (exact) mass is 535 g/mol. The fourth-order valence-corrected chi connectivity index (χ4v) is 5.63. The third-order valence-corrected chi connectivity index (χ3v) is 7.89. The Balaban J connectivity index is 2.13. The van der Waals surface area contributed by atoms with Crippen LogP contribution in [-0.4, -0.2) is 26.8 Å². The first-order valence-electron chi connectivity index (χ1n) is 13.3. The average Bonchev–Trinajstić information content (AvgIpc) is 2.84. The molecule has 0 aliphatic carbocycles. The highest BCUT2D eigenvalue weighted by atomic mass is 32.2. The molecular formula is C30H39N4O3S+. The number of carbonyl (C=O) groups is 1. The smallest absolute Gasteiger partial charge is 0.325 e. The number of nitrogens with zero attached hydrogens (tertiary/aromatic N) is 3. The number of nitrogens with one attached hydrogen (secondary N) is 1. The Hall–Kier alpha value is -3.13. The van der Waals surface area contributed by atoms with Gasteiger partial charge < -0.3 is 5.11 Å². The van der Waals surface area contributed by atoms with Gasteiger partial charge in [-0.2, -0.15) is 0 Å². The van der Waals surface area contributed by atoms with Crippen molar-refractivity contribution < 1.29 is 14.6 Å². The van der Waals surface area contributed by atoms with Crippen molar-refractivity contribution in [3.05, 3.63) is 63.4 Å². The van der Waals surface area contributed by atoms with E-state index in [1.807, 2.05) is 43.3 Å². The number of carbonyl (C=O) groups excluding carboxylic acids is 1. The predicted octanol–water partition coefficient (Wildman–Crippen LogP) is 5.83. The largest absolute Gasteiger partial charge is 0.507 e. The van der Waals surface area contributed by atoms with Gasteiger partial charge in [-0.05, 0) is 46.2 Å². The number of aromatic nitrogens is 3. The zero-order valence-electron chi connectivity index (χ0n) is 23.7. The van der Waals surface area contributed by atoms with Crippen molar-refractivity contribution in [3.8, 4) is 17.0 Å². The number of phenols is 1. The van der Waals surface area contributed by atoms with Gasteiger partial charge >= 0.3 is 11.3 Å². The number of thioether (sulfide) groups is 1. The molecule has 0 fully saturated rings. The molecule has 202 valence electrons. The lowest BCUT2D eigenvalue weighted by Crippen LogP contribution is -2.61. The third-order valence-electron chi connectivity index (χ3n) is 6.82. The maximum atomic E-state index is 13.6. The van der Waals surface area contributed by atoms with Gasteiger partial charge in [0, 0.05) is 34.0 Å². The number of aromatic amines is 1. The predicted molar refractivity (Wildman–Crippen MR) is 153 cm³/mol. The van der Waals surface area contributed by atoms with Gasteiger partial charge in [0.15, 0.2) is 0 Å². The molecule has 38 heavy (non-hydrogen) atoms. The van der Waals surface area contributed by atoms with Crippen molar-refractivity contribution in [2.24, 2.45) is 0 Å². The molecule has 3 aromatic rings. The SMILES string of the molecule is CCCSc1n[n+]2c(c(=O)[nH]1)-c1ccccc1N(C(=O)CC)C2c1cc(C(C)(C)C)c(O)c(C(C)(C)C)c1. The number of anilines is 1. The Morgan fingerprint density at radius 2 is 1.68 bits per heavy atom. The summed E-state index contributed by atoms with van der Waals surface area (Å²) < 4.78 is 1.71. The Kier molecular flexibility index (Phi) is 7.49. The molecule has 7 nitrogen and oxygen atoms in total. The fraction of sp³-hybridized carbons (Fsp3) is 0.467. The third kappa shape index (κ3) is 4.98. The van der Waals surface area contributed by atoms with E-state index in [-0.39, 0.29) is 34.5 Å². The number of rotatable bonds is 5. The summed E-state index contributed by atoms with van der Waals surface area (Å²) in [6.45, 7) is 16.3. The van der Waals surface area contributed by atoms with E-state index >= 15 is 0 Å². The molecular weight excluding hydrogens is 496 g/mol. The van der Waals surface area contributed by atoms with Crippen molar-refractivity contribution in [2.45, 2.75) is 90.4 Å². The van der Waals surface area contributed by atoms with Crippen LogP contribution in [-0.2, 0) is 15.6 Å². The number of hydrogen-bond donors (Lipinski definition) is 2. The molecule has 4 rings (SSSR count). The molecule has 0 spiro atoms. The van der Waals surface area contributed by atoms with E-state index in [0.717, 1.165) is 28.9 Å². The summed E-state index contributed by atoms with van der Waals surface area (Å²) in [5, 5.41) is 16.8. The maximum Gasteiger partial charge on any atom is 0.325 e. The lowest BCUT2D eigenvalue weighted by molar-refractivity contribution is -0.763. The van der Waals surface area contributed by atoms with Crippen molar-refractivity contribution in [2.75, 3.05) is 10.7 Å². The lowest BCUT2D eigenvalue weighted by atomic mass is 9.78. The first-order valence-corrected chi connectivity index (χ1v) is 14.3. The molecule has 1 aliphatic rings. The van der Waals surface area contributed by atoms with Crippen molar-refractivity contribution >= 4 is 23.4 Å². The zero-order valence-corrected chi connectivity index (χ0v) is 24.5.